The molecule has 1 heterocycles. The molecule has 8 atom stereocenters. The van der Waals surface area contributed by atoms with E-state index < -0.39 is 0 Å². The average molecular weight is 412 g/mol. The number of ketones is 1. The molecule has 5 rings (SSSR count). The van der Waals surface area contributed by atoms with Crippen LogP contribution in [-0.4, -0.2) is 28.6 Å². The first-order valence-electron chi connectivity index (χ1n) is 12.2. The van der Waals surface area contributed by atoms with Crippen LogP contribution >= 0.6 is 0 Å². The van der Waals surface area contributed by atoms with Gasteiger partial charge in [-0.1, -0.05) is 13.8 Å². The van der Waals surface area contributed by atoms with Gasteiger partial charge >= 0.3 is 0 Å². The highest BCUT2D eigenvalue weighted by atomic mass is 16.5. The molecule has 164 valence electrons. The molecule has 0 aliphatic heterocycles. The van der Waals surface area contributed by atoms with E-state index in [0.29, 0.717) is 17.3 Å². The van der Waals surface area contributed by atoms with Crippen molar-refractivity contribution in [2.75, 3.05) is 6.61 Å². The highest BCUT2D eigenvalue weighted by molar-refractivity contribution is 5.83. The molecule has 4 aliphatic carbocycles. The molecule has 0 saturated heterocycles. The minimum absolute atomic E-state index is 0.0811. The third-order valence-corrected chi connectivity index (χ3v) is 10.1. The molecule has 0 bridgehead atoms. The molecule has 4 nitrogen and oxygen atoms in total. The predicted molar refractivity (Wildman–Crippen MR) is 116 cm³/mol. The lowest BCUT2D eigenvalue weighted by Gasteiger charge is -2.60. The largest absolute Gasteiger partial charge is 0.486 e. The summed E-state index contributed by atoms with van der Waals surface area (Å²) in [5.41, 5.74) is 0.535. The van der Waals surface area contributed by atoms with Crippen molar-refractivity contribution in [1.82, 2.24) is 4.98 Å². The van der Waals surface area contributed by atoms with Crippen molar-refractivity contribution in [1.29, 1.82) is 0 Å². The van der Waals surface area contributed by atoms with Crippen LogP contribution in [0.5, 0.6) is 5.75 Å². The van der Waals surface area contributed by atoms with Gasteiger partial charge in [0.25, 0.3) is 0 Å². The van der Waals surface area contributed by atoms with Crippen molar-refractivity contribution in [3.63, 3.8) is 0 Å². The second kappa shape index (κ2) is 7.62. The van der Waals surface area contributed by atoms with Gasteiger partial charge in [0.2, 0.25) is 0 Å². The number of ether oxygens (including phenoxy) is 1. The van der Waals surface area contributed by atoms with Crippen LogP contribution in [0.1, 0.15) is 71.6 Å². The minimum atomic E-state index is -0.0811. The molecule has 0 spiro atoms. The van der Waals surface area contributed by atoms with E-state index in [9.17, 15) is 9.90 Å². The van der Waals surface area contributed by atoms with Crippen molar-refractivity contribution in [2.45, 2.75) is 77.7 Å². The Morgan fingerprint density at radius 1 is 1.03 bits per heavy atom. The van der Waals surface area contributed by atoms with Crippen molar-refractivity contribution in [3.8, 4) is 5.75 Å². The number of aromatic nitrogens is 1. The SMILES string of the molecule is C[C@]12CC[C@H]3[C@@H](CCC4CC(O)CC[C@@]43C)[C@@H]1CC[C@@H]2C(=O)COc1ccncc1. The van der Waals surface area contributed by atoms with Gasteiger partial charge in [0, 0.05) is 18.3 Å². The zero-order valence-corrected chi connectivity index (χ0v) is 18.6. The first-order chi connectivity index (χ1) is 14.4. The number of aliphatic hydroxyl groups is 1. The second-order valence-electron chi connectivity index (χ2n) is 11.2. The Balaban J connectivity index is 1.30. The normalized spacial score (nSPS) is 45.2. The predicted octanol–water partition coefficient (Wildman–Crippen LogP) is 5.05. The van der Waals surface area contributed by atoms with Crippen LogP contribution in [0.15, 0.2) is 24.5 Å². The summed E-state index contributed by atoms with van der Waals surface area (Å²) in [4.78, 5) is 17.2. The summed E-state index contributed by atoms with van der Waals surface area (Å²) in [7, 11) is 0. The first-order valence-corrected chi connectivity index (χ1v) is 12.2. The number of Topliss-reactive ketones (excluding diaryl/α,β-unsaturated/α-hetero) is 1. The zero-order chi connectivity index (χ0) is 20.9. The van der Waals surface area contributed by atoms with Crippen LogP contribution in [0.3, 0.4) is 0 Å². The van der Waals surface area contributed by atoms with Gasteiger partial charge in [-0.3, -0.25) is 9.78 Å². The van der Waals surface area contributed by atoms with Crippen LogP contribution in [-0.2, 0) is 4.79 Å². The molecule has 4 fully saturated rings. The lowest BCUT2D eigenvalue weighted by atomic mass is 9.44. The topological polar surface area (TPSA) is 59.4 Å². The first kappa shape index (κ1) is 20.5. The summed E-state index contributed by atoms with van der Waals surface area (Å²) in [5, 5.41) is 10.2. The summed E-state index contributed by atoms with van der Waals surface area (Å²) in [6, 6.07) is 3.63. The maximum atomic E-state index is 13.2. The Kier molecular flexibility index (Phi) is 5.20. The van der Waals surface area contributed by atoms with Gasteiger partial charge in [0.15, 0.2) is 5.78 Å². The van der Waals surface area contributed by atoms with Crippen molar-refractivity contribution in [2.24, 2.45) is 40.4 Å². The van der Waals surface area contributed by atoms with Crippen molar-refractivity contribution in [3.05, 3.63) is 24.5 Å². The molecule has 0 radical (unpaired) electrons. The quantitative estimate of drug-likeness (QED) is 0.753. The molecule has 1 N–H and O–H groups in total. The number of aliphatic hydroxyl groups excluding tert-OH is 1. The fourth-order valence-corrected chi connectivity index (χ4v) is 8.45. The Bertz CT molecular complexity index is 782. The Labute approximate surface area is 180 Å². The standard InChI is InChI=1S/C26H37NO3/c1-25-11-7-18(28)15-17(25)3-4-20-21-5-6-23(26(21,2)12-8-22(20)25)24(29)16-30-19-9-13-27-14-10-19/h9-10,13-14,17-18,20-23,28H,3-8,11-12,15-16H2,1-2H3/t17?,18?,20-,21-,22-,23+,25-,26-/m0/s1. The number of rotatable bonds is 4. The summed E-state index contributed by atoms with van der Waals surface area (Å²) < 4.78 is 5.80. The maximum Gasteiger partial charge on any atom is 0.173 e. The van der Waals surface area contributed by atoms with Crippen molar-refractivity contribution < 1.29 is 14.6 Å². The number of fused-ring (bicyclic) bond motifs is 5. The molecule has 30 heavy (non-hydrogen) atoms. The van der Waals surface area contributed by atoms with E-state index in [1.165, 1.54) is 38.5 Å². The van der Waals surface area contributed by atoms with Crippen LogP contribution in [0, 0.1) is 40.4 Å². The van der Waals surface area contributed by atoms with Gasteiger partial charge in [-0.2, -0.15) is 0 Å². The number of carbonyl (C=O) groups excluding carboxylic acids is 1. The van der Waals surface area contributed by atoms with Gasteiger partial charge in [0.05, 0.1) is 6.10 Å². The lowest BCUT2D eigenvalue weighted by Crippen LogP contribution is -2.54. The van der Waals surface area contributed by atoms with E-state index in [0.717, 1.165) is 36.8 Å². The summed E-state index contributed by atoms with van der Waals surface area (Å²) in [6.45, 7) is 5.13. The highest BCUT2D eigenvalue weighted by Gasteiger charge is 2.61. The summed E-state index contributed by atoms with van der Waals surface area (Å²) in [6.07, 6.45) is 13.7. The number of hydrogen-bond donors (Lipinski definition) is 1. The van der Waals surface area contributed by atoms with Gasteiger partial charge < -0.3 is 9.84 Å². The lowest BCUT2D eigenvalue weighted by molar-refractivity contribution is -0.141. The molecule has 1 aromatic rings. The van der Waals surface area contributed by atoms with E-state index in [2.05, 4.69) is 18.8 Å². The van der Waals surface area contributed by atoms with E-state index in [1.54, 1.807) is 12.4 Å². The monoisotopic (exact) mass is 411 g/mol. The fourth-order valence-electron chi connectivity index (χ4n) is 8.45. The smallest absolute Gasteiger partial charge is 0.173 e. The molecule has 4 heteroatoms. The third-order valence-electron chi connectivity index (χ3n) is 10.1. The number of carbonyl (C=O) groups is 1. The minimum Gasteiger partial charge on any atom is -0.486 e. The summed E-state index contributed by atoms with van der Waals surface area (Å²) >= 11 is 0. The molecule has 4 saturated carbocycles. The van der Waals surface area contributed by atoms with Crippen LogP contribution in [0.4, 0.5) is 0 Å². The third kappa shape index (κ3) is 3.21. The molecular weight excluding hydrogens is 374 g/mol. The molecular formula is C26H37NO3. The fraction of sp³-hybridized carbons (Fsp3) is 0.769. The Morgan fingerprint density at radius 3 is 2.57 bits per heavy atom. The molecule has 0 amide bonds. The van der Waals surface area contributed by atoms with Crippen molar-refractivity contribution >= 4 is 5.78 Å². The zero-order valence-electron chi connectivity index (χ0n) is 18.6. The van der Waals surface area contributed by atoms with E-state index >= 15 is 0 Å². The van der Waals surface area contributed by atoms with Gasteiger partial charge in [-0.05, 0) is 104 Å². The number of nitrogens with zero attached hydrogens (tertiary/aromatic N) is 1. The highest BCUT2D eigenvalue weighted by Crippen LogP contribution is 2.67. The Hall–Kier alpha value is -1.42. The van der Waals surface area contributed by atoms with Crippen LogP contribution in [0.2, 0.25) is 0 Å². The van der Waals surface area contributed by atoms with Crippen LogP contribution < -0.4 is 4.74 Å². The van der Waals surface area contributed by atoms with E-state index in [1.807, 2.05) is 12.1 Å². The Morgan fingerprint density at radius 2 is 1.77 bits per heavy atom. The maximum absolute atomic E-state index is 13.2. The molecule has 1 aromatic heterocycles. The number of pyridine rings is 1. The van der Waals surface area contributed by atoms with Gasteiger partial charge in [-0.15, -0.1) is 0 Å². The number of hydrogen-bond acceptors (Lipinski definition) is 4. The van der Waals surface area contributed by atoms with Gasteiger partial charge in [-0.25, -0.2) is 0 Å². The average Bonchev–Trinajstić information content (AvgIpc) is 3.10. The van der Waals surface area contributed by atoms with E-state index in [-0.39, 0.29) is 29.8 Å². The second-order valence-corrected chi connectivity index (χ2v) is 11.2. The van der Waals surface area contributed by atoms with E-state index in [4.69, 9.17) is 4.74 Å². The molecule has 0 aromatic carbocycles. The summed E-state index contributed by atoms with van der Waals surface area (Å²) in [5.74, 6) is 4.07. The van der Waals surface area contributed by atoms with Gasteiger partial charge in [0.1, 0.15) is 12.4 Å². The van der Waals surface area contributed by atoms with Crippen LogP contribution in [0.25, 0.3) is 0 Å². The molecule has 2 unspecified atom stereocenters. The molecule has 4 aliphatic rings.